The number of nitrogens with zero attached hydrogens (tertiary/aromatic N) is 1. The van der Waals surface area contributed by atoms with E-state index in [-0.39, 0.29) is 5.92 Å². The second kappa shape index (κ2) is 10.5. The maximum Gasteiger partial charge on any atom is 0.306 e. The van der Waals surface area contributed by atoms with Crippen LogP contribution in [0.25, 0.3) is 0 Å². The van der Waals surface area contributed by atoms with Crippen LogP contribution in [0, 0.1) is 23.7 Å². The third-order valence-corrected chi connectivity index (χ3v) is 6.42. The number of carbonyl (C=O) groups is 1. The second-order valence-electron chi connectivity index (χ2n) is 8.32. The molecule has 0 aromatic heterocycles. The van der Waals surface area contributed by atoms with E-state index in [2.05, 4.69) is 28.0 Å². The van der Waals surface area contributed by atoms with Gasteiger partial charge in [0.05, 0.1) is 5.92 Å². The molecule has 3 rings (SSSR count). The number of hydrogen-bond acceptors (Lipinski definition) is 3. The van der Waals surface area contributed by atoms with Gasteiger partial charge < -0.3 is 10.4 Å². The SMILES string of the molecule is CC(C/C=C/CCC(C(=O)O)[C@@H]1C[C@H]2CC[C@H]1C2)=NNC(=S)Nc1ccccc1. The van der Waals surface area contributed by atoms with Crippen LogP contribution in [-0.2, 0) is 4.79 Å². The van der Waals surface area contributed by atoms with Crippen molar-refractivity contribution in [1.29, 1.82) is 0 Å². The molecular weight excluding hydrogens is 382 g/mol. The van der Waals surface area contributed by atoms with Crippen molar-refractivity contribution in [2.75, 3.05) is 5.32 Å². The Kier molecular flexibility index (Phi) is 7.81. The largest absolute Gasteiger partial charge is 0.481 e. The van der Waals surface area contributed by atoms with Crippen molar-refractivity contribution in [3.63, 3.8) is 0 Å². The van der Waals surface area contributed by atoms with Crippen LogP contribution in [0.1, 0.15) is 51.9 Å². The van der Waals surface area contributed by atoms with Gasteiger partial charge in [0.2, 0.25) is 0 Å². The third-order valence-electron chi connectivity index (χ3n) is 6.23. The van der Waals surface area contributed by atoms with Crippen LogP contribution < -0.4 is 10.7 Å². The van der Waals surface area contributed by atoms with Crippen molar-refractivity contribution >= 4 is 34.7 Å². The van der Waals surface area contributed by atoms with E-state index in [1.54, 1.807) is 0 Å². The first-order chi connectivity index (χ1) is 14.0. The molecule has 6 heteroatoms. The van der Waals surface area contributed by atoms with Gasteiger partial charge in [0.15, 0.2) is 5.11 Å². The highest BCUT2D eigenvalue weighted by Gasteiger charge is 2.44. The number of rotatable bonds is 9. The molecule has 1 unspecified atom stereocenters. The fourth-order valence-electron chi connectivity index (χ4n) is 4.83. The summed E-state index contributed by atoms with van der Waals surface area (Å²) < 4.78 is 0. The zero-order chi connectivity index (χ0) is 20.6. The fourth-order valence-corrected chi connectivity index (χ4v) is 4.99. The van der Waals surface area contributed by atoms with E-state index >= 15 is 0 Å². The Morgan fingerprint density at radius 1 is 1.28 bits per heavy atom. The Morgan fingerprint density at radius 3 is 2.72 bits per heavy atom. The molecule has 2 saturated carbocycles. The van der Waals surface area contributed by atoms with Gasteiger partial charge in [-0.15, -0.1) is 0 Å². The lowest BCUT2D eigenvalue weighted by Gasteiger charge is -2.27. The molecule has 156 valence electrons. The van der Waals surface area contributed by atoms with Gasteiger partial charge in [0.25, 0.3) is 0 Å². The summed E-state index contributed by atoms with van der Waals surface area (Å²) in [6.45, 7) is 1.94. The van der Waals surface area contributed by atoms with E-state index in [1.807, 2.05) is 37.3 Å². The summed E-state index contributed by atoms with van der Waals surface area (Å²) in [5.74, 6) is 1.03. The average Bonchev–Trinajstić information content (AvgIpc) is 3.33. The van der Waals surface area contributed by atoms with Crippen molar-refractivity contribution in [3.05, 3.63) is 42.5 Å². The number of hydrogen-bond donors (Lipinski definition) is 3. The average molecular weight is 414 g/mol. The van der Waals surface area contributed by atoms with Crippen LogP contribution in [0.4, 0.5) is 5.69 Å². The summed E-state index contributed by atoms with van der Waals surface area (Å²) in [7, 11) is 0. The molecule has 0 spiro atoms. The molecule has 1 aromatic carbocycles. The minimum Gasteiger partial charge on any atom is -0.481 e. The first kappa shape index (κ1) is 21.5. The molecule has 3 N–H and O–H groups in total. The molecule has 0 amide bonds. The first-order valence-corrected chi connectivity index (χ1v) is 11.0. The normalized spacial score (nSPS) is 24.6. The fraction of sp³-hybridized carbons (Fsp3) is 0.522. The number of hydrazone groups is 1. The summed E-state index contributed by atoms with van der Waals surface area (Å²) in [6, 6.07) is 9.71. The van der Waals surface area contributed by atoms with Gasteiger partial charge in [0, 0.05) is 17.8 Å². The van der Waals surface area contributed by atoms with Crippen LogP contribution >= 0.6 is 12.2 Å². The molecule has 29 heavy (non-hydrogen) atoms. The topological polar surface area (TPSA) is 73.7 Å². The van der Waals surface area contributed by atoms with Crippen LogP contribution in [0.15, 0.2) is 47.6 Å². The Labute approximate surface area is 178 Å². The number of aliphatic carboxylic acids is 1. The monoisotopic (exact) mass is 413 g/mol. The first-order valence-electron chi connectivity index (χ1n) is 10.6. The lowest BCUT2D eigenvalue weighted by Crippen LogP contribution is -2.27. The lowest BCUT2D eigenvalue weighted by molar-refractivity contribution is -0.144. The van der Waals surface area contributed by atoms with Crippen molar-refractivity contribution < 1.29 is 9.90 Å². The minimum atomic E-state index is -0.614. The molecule has 0 aliphatic heterocycles. The molecule has 5 nitrogen and oxygen atoms in total. The van der Waals surface area contributed by atoms with Gasteiger partial charge in [-0.05, 0) is 81.1 Å². The number of carboxylic acids is 1. The van der Waals surface area contributed by atoms with Crippen molar-refractivity contribution in [2.45, 2.75) is 51.9 Å². The highest BCUT2D eigenvalue weighted by Crippen LogP contribution is 2.51. The molecule has 0 radical (unpaired) electrons. The summed E-state index contributed by atoms with van der Waals surface area (Å²) in [5, 5.41) is 17.5. The molecule has 2 aliphatic carbocycles. The highest BCUT2D eigenvalue weighted by molar-refractivity contribution is 7.80. The molecule has 1 aromatic rings. The van der Waals surface area contributed by atoms with Crippen LogP contribution in [0.5, 0.6) is 0 Å². The van der Waals surface area contributed by atoms with Gasteiger partial charge in [-0.2, -0.15) is 5.10 Å². The summed E-state index contributed by atoms with van der Waals surface area (Å²) in [6.07, 6.45) is 11.3. The summed E-state index contributed by atoms with van der Waals surface area (Å²) in [4.78, 5) is 11.7. The van der Waals surface area contributed by atoms with Gasteiger partial charge in [-0.25, -0.2) is 0 Å². The number of allylic oxidation sites excluding steroid dienone is 2. The molecule has 0 saturated heterocycles. The smallest absolute Gasteiger partial charge is 0.306 e. The van der Waals surface area contributed by atoms with Crippen LogP contribution in [0.3, 0.4) is 0 Å². The third kappa shape index (κ3) is 6.39. The van der Waals surface area contributed by atoms with Crippen molar-refractivity contribution in [1.82, 2.24) is 5.43 Å². The van der Waals surface area contributed by atoms with E-state index in [0.717, 1.165) is 36.6 Å². The number of para-hydroxylation sites is 1. The zero-order valence-electron chi connectivity index (χ0n) is 17.0. The van der Waals surface area contributed by atoms with Gasteiger partial charge >= 0.3 is 5.97 Å². The molecular formula is C23H31N3O2S. The molecule has 4 atom stereocenters. The van der Waals surface area contributed by atoms with Crippen LogP contribution in [-0.4, -0.2) is 21.9 Å². The summed E-state index contributed by atoms with van der Waals surface area (Å²) in [5.41, 5.74) is 4.69. The quantitative estimate of drug-likeness (QED) is 0.224. The Balaban J connectivity index is 1.37. The molecule has 2 bridgehead atoms. The van der Waals surface area contributed by atoms with E-state index in [1.165, 1.54) is 19.3 Å². The highest BCUT2D eigenvalue weighted by atomic mass is 32.1. The maximum absolute atomic E-state index is 11.7. The Morgan fingerprint density at radius 2 is 2.07 bits per heavy atom. The van der Waals surface area contributed by atoms with Crippen molar-refractivity contribution in [3.8, 4) is 0 Å². The Hall–Kier alpha value is -2.21. The Bertz CT molecular complexity index is 763. The zero-order valence-corrected chi connectivity index (χ0v) is 17.8. The maximum atomic E-state index is 11.7. The summed E-state index contributed by atoms with van der Waals surface area (Å²) >= 11 is 5.23. The standard InChI is InChI=1S/C23H31N3O2S/c1-16(25-26-23(29)24-19-9-5-3-6-10-19)8-4-2-7-11-20(22(27)28)21-15-17-12-13-18(21)14-17/h2-6,9-10,17-18,20-21H,7-8,11-15H2,1H3,(H,27,28)(H2,24,26,29)/b4-2+,25-16?/t17-,18-,20?,21+/m0/s1. The van der Waals surface area contributed by atoms with E-state index in [0.29, 0.717) is 23.4 Å². The van der Waals surface area contributed by atoms with Gasteiger partial charge in [0.1, 0.15) is 0 Å². The molecule has 2 fully saturated rings. The number of fused-ring (bicyclic) bond motifs is 2. The number of nitrogens with one attached hydrogen (secondary N) is 2. The predicted octanol–water partition coefficient (Wildman–Crippen LogP) is 5.21. The van der Waals surface area contributed by atoms with E-state index in [4.69, 9.17) is 12.2 Å². The van der Waals surface area contributed by atoms with Crippen LogP contribution in [0.2, 0.25) is 0 Å². The molecule has 0 heterocycles. The van der Waals surface area contributed by atoms with E-state index < -0.39 is 5.97 Å². The number of thiocarbonyl (C=S) groups is 1. The lowest BCUT2D eigenvalue weighted by atomic mass is 9.77. The van der Waals surface area contributed by atoms with Gasteiger partial charge in [-0.3, -0.25) is 10.2 Å². The predicted molar refractivity (Wildman–Crippen MR) is 122 cm³/mol. The second-order valence-corrected chi connectivity index (χ2v) is 8.72. The van der Waals surface area contributed by atoms with Crippen molar-refractivity contribution in [2.24, 2.45) is 28.8 Å². The number of anilines is 1. The number of carboxylic acid groups (broad SMARTS) is 1. The van der Waals surface area contributed by atoms with E-state index in [9.17, 15) is 9.90 Å². The molecule has 2 aliphatic rings. The van der Waals surface area contributed by atoms with Gasteiger partial charge in [-0.1, -0.05) is 36.8 Å². The number of benzene rings is 1. The minimum absolute atomic E-state index is 0.187.